The second kappa shape index (κ2) is 9.45. The van der Waals surface area contributed by atoms with Gasteiger partial charge in [-0.3, -0.25) is 15.6 Å². The van der Waals surface area contributed by atoms with E-state index in [0.717, 1.165) is 33.9 Å². The summed E-state index contributed by atoms with van der Waals surface area (Å²) in [7, 11) is 0. The molecule has 9 heteroatoms. The van der Waals surface area contributed by atoms with Crippen LogP contribution in [0.15, 0.2) is 36.4 Å². The highest BCUT2D eigenvalue weighted by atomic mass is 32.1. The minimum absolute atomic E-state index is 0.163. The average molecular weight is 424 g/mol. The van der Waals surface area contributed by atoms with Gasteiger partial charge in [-0.2, -0.15) is 5.10 Å². The molecule has 0 radical (unpaired) electrons. The van der Waals surface area contributed by atoms with Crippen molar-refractivity contribution < 1.29 is 4.79 Å². The lowest BCUT2D eigenvalue weighted by atomic mass is 10.1. The summed E-state index contributed by atoms with van der Waals surface area (Å²) in [4.78, 5) is 21.3. The number of amides is 1. The lowest BCUT2D eigenvalue weighted by molar-refractivity contribution is -0.121. The van der Waals surface area contributed by atoms with Crippen molar-refractivity contribution in [3.63, 3.8) is 0 Å². The summed E-state index contributed by atoms with van der Waals surface area (Å²) in [5.74, 6) is 0.287. The molecule has 0 saturated carbocycles. The predicted octanol–water partition coefficient (Wildman–Crippen LogP) is 2.13. The molecule has 1 amide bonds. The van der Waals surface area contributed by atoms with Gasteiger partial charge in [0.15, 0.2) is 5.11 Å². The van der Waals surface area contributed by atoms with Crippen molar-refractivity contribution in [2.24, 2.45) is 0 Å². The smallest absolute Gasteiger partial charge is 0.251 e. The molecule has 0 atom stereocenters. The molecule has 3 N–H and O–H groups in total. The molecule has 0 aliphatic heterocycles. The summed E-state index contributed by atoms with van der Waals surface area (Å²) < 4.78 is 1.68. The number of carbonyl (C=O) groups excluding carboxylic acids is 1. The van der Waals surface area contributed by atoms with Crippen molar-refractivity contribution in [2.45, 2.75) is 40.7 Å². The van der Waals surface area contributed by atoms with Crippen LogP contribution in [0.2, 0.25) is 0 Å². The van der Waals surface area contributed by atoms with Crippen LogP contribution in [0.5, 0.6) is 0 Å². The zero-order valence-corrected chi connectivity index (χ0v) is 18.3. The van der Waals surface area contributed by atoms with Crippen LogP contribution in [0.4, 0.5) is 0 Å². The molecule has 2 heterocycles. The molecule has 30 heavy (non-hydrogen) atoms. The summed E-state index contributed by atoms with van der Waals surface area (Å²) >= 11 is 5.21. The van der Waals surface area contributed by atoms with Crippen molar-refractivity contribution in [2.75, 3.05) is 0 Å². The van der Waals surface area contributed by atoms with Crippen LogP contribution in [0.3, 0.4) is 0 Å². The van der Waals surface area contributed by atoms with Crippen molar-refractivity contribution in [3.05, 3.63) is 70.3 Å². The SMILES string of the molecule is Cc1cc(C)nc(-n2nc(C)c(CC(=O)NNC(=S)NCc3ccccc3)c2C)n1. The van der Waals surface area contributed by atoms with Crippen LogP contribution in [0, 0.1) is 27.7 Å². The van der Waals surface area contributed by atoms with Crippen LogP contribution in [0.25, 0.3) is 5.95 Å². The van der Waals surface area contributed by atoms with Gasteiger partial charge in [0, 0.05) is 29.2 Å². The standard InChI is InChI=1S/C21H25N7OS/c1-13-10-14(2)24-20(23-13)28-16(4)18(15(3)27-28)11-19(29)25-26-21(30)22-12-17-8-6-5-7-9-17/h5-10H,11-12H2,1-4H3,(H,25,29)(H2,22,26,30). The molecule has 3 aromatic rings. The number of hydrogen-bond acceptors (Lipinski definition) is 5. The van der Waals surface area contributed by atoms with Crippen LogP contribution < -0.4 is 16.2 Å². The third-order valence-corrected chi connectivity index (χ3v) is 4.80. The monoisotopic (exact) mass is 423 g/mol. The van der Waals surface area contributed by atoms with Crippen LogP contribution in [-0.2, 0) is 17.8 Å². The van der Waals surface area contributed by atoms with Gasteiger partial charge in [-0.1, -0.05) is 30.3 Å². The first kappa shape index (κ1) is 21.4. The Morgan fingerprint density at radius 3 is 2.37 bits per heavy atom. The molecule has 8 nitrogen and oxygen atoms in total. The third-order valence-electron chi connectivity index (χ3n) is 4.55. The molecule has 0 fully saturated rings. The van der Waals surface area contributed by atoms with E-state index in [0.29, 0.717) is 17.6 Å². The second-order valence-corrected chi connectivity index (χ2v) is 7.44. The molecule has 0 aliphatic rings. The Hall–Kier alpha value is -3.33. The highest BCUT2D eigenvalue weighted by Gasteiger charge is 2.17. The Bertz CT molecular complexity index is 1040. The number of carbonyl (C=O) groups is 1. The van der Waals surface area contributed by atoms with Crippen molar-refractivity contribution in [3.8, 4) is 5.95 Å². The first-order valence-electron chi connectivity index (χ1n) is 9.58. The Morgan fingerprint density at radius 1 is 1.03 bits per heavy atom. The molecular formula is C21H25N7OS. The molecular weight excluding hydrogens is 398 g/mol. The van der Waals surface area contributed by atoms with Crippen molar-refractivity contribution >= 4 is 23.2 Å². The zero-order valence-electron chi connectivity index (χ0n) is 17.5. The van der Waals surface area contributed by atoms with E-state index in [4.69, 9.17) is 12.2 Å². The van der Waals surface area contributed by atoms with E-state index in [1.54, 1.807) is 4.68 Å². The number of hydrogen-bond donors (Lipinski definition) is 3. The summed E-state index contributed by atoms with van der Waals surface area (Å²) in [5.41, 5.74) is 10.6. The largest absolute Gasteiger partial charge is 0.357 e. The van der Waals surface area contributed by atoms with Gasteiger partial charge in [-0.25, -0.2) is 14.6 Å². The number of aromatic nitrogens is 4. The van der Waals surface area contributed by atoms with Gasteiger partial charge in [0.25, 0.3) is 5.95 Å². The molecule has 2 aromatic heterocycles. The molecule has 0 saturated heterocycles. The van der Waals surface area contributed by atoms with Crippen molar-refractivity contribution in [1.29, 1.82) is 0 Å². The summed E-state index contributed by atoms with van der Waals surface area (Å²) in [6, 6.07) is 11.8. The van der Waals surface area contributed by atoms with Gasteiger partial charge >= 0.3 is 0 Å². The maximum Gasteiger partial charge on any atom is 0.251 e. The number of rotatable bonds is 5. The van der Waals surface area contributed by atoms with Crippen LogP contribution in [-0.4, -0.2) is 30.8 Å². The fraction of sp³-hybridized carbons (Fsp3) is 0.286. The van der Waals surface area contributed by atoms with Crippen molar-refractivity contribution in [1.82, 2.24) is 35.9 Å². The number of nitrogens with zero attached hydrogens (tertiary/aromatic N) is 4. The minimum Gasteiger partial charge on any atom is -0.357 e. The van der Waals surface area contributed by atoms with Gasteiger partial charge in [0.05, 0.1) is 12.1 Å². The van der Waals surface area contributed by atoms with E-state index in [1.807, 2.05) is 64.1 Å². The average Bonchev–Trinajstić information content (AvgIpc) is 2.99. The van der Waals surface area contributed by atoms with Gasteiger partial charge in [-0.15, -0.1) is 0 Å². The van der Waals surface area contributed by atoms with Gasteiger partial charge < -0.3 is 5.32 Å². The minimum atomic E-state index is -0.217. The molecule has 156 valence electrons. The maximum atomic E-state index is 12.4. The number of benzene rings is 1. The van der Waals surface area contributed by atoms with E-state index in [-0.39, 0.29) is 12.3 Å². The van der Waals surface area contributed by atoms with Gasteiger partial charge in [-0.05, 0) is 51.5 Å². The highest BCUT2D eigenvalue weighted by molar-refractivity contribution is 7.80. The Labute approximate surface area is 181 Å². The fourth-order valence-corrected chi connectivity index (χ4v) is 3.20. The summed E-state index contributed by atoms with van der Waals surface area (Å²) in [6.07, 6.45) is 0.163. The first-order valence-corrected chi connectivity index (χ1v) is 9.98. The molecule has 3 rings (SSSR count). The number of nitrogens with one attached hydrogen (secondary N) is 3. The highest BCUT2D eigenvalue weighted by Crippen LogP contribution is 2.17. The summed E-state index contributed by atoms with van der Waals surface area (Å²) in [6.45, 7) is 8.18. The molecule has 1 aromatic carbocycles. The normalized spacial score (nSPS) is 10.5. The fourth-order valence-electron chi connectivity index (χ4n) is 3.08. The maximum absolute atomic E-state index is 12.4. The Kier molecular flexibility index (Phi) is 6.73. The van der Waals surface area contributed by atoms with Gasteiger partial charge in [0.2, 0.25) is 5.91 Å². The van der Waals surface area contributed by atoms with Crippen LogP contribution >= 0.6 is 12.2 Å². The van der Waals surface area contributed by atoms with E-state index < -0.39 is 0 Å². The van der Waals surface area contributed by atoms with Gasteiger partial charge in [0.1, 0.15) is 0 Å². The third kappa shape index (κ3) is 5.38. The molecule has 0 spiro atoms. The second-order valence-electron chi connectivity index (χ2n) is 7.03. The Balaban J connectivity index is 1.59. The molecule has 0 aliphatic carbocycles. The van der Waals surface area contributed by atoms with E-state index in [2.05, 4.69) is 31.2 Å². The summed E-state index contributed by atoms with van der Waals surface area (Å²) in [5, 5.41) is 7.92. The number of hydrazine groups is 1. The van der Waals surface area contributed by atoms with E-state index >= 15 is 0 Å². The van der Waals surface area contributed by atoms with E-state index in [1.165, 1.54) is 0 Å². The zero-order chi connectivity index (χ0) is 21.7. The first-order chi connectivity index (χ1) is 14.3. The topological polar surface area (TPSA) is 96.8 Å². The number of aryl methyl sites for hydroxylation is 3. The lowest BCUT2D eigenvalue weighted by Gasteiger charge is -2.12. The molecule has 0 bridgehead atoms. The predicted molar refractivity (Wildman–Crippen MR) is 119 cm³/mol. The van der Waals surface area contributed by atoms with Crippen LogP contribution in [0.1, 0.15) is 33.9 Å². The van der Waals surface area contributed by atoms with E-state index in [9.17, 15) is 4.79 Å². The quantitative estimate of drug-likeness (QED) is 0.427. The lowest BCUT2D eigenvalue weighted by Crippen LogP contribution is -2.47. The molecule has 0 unspecified atom stereocenters. The number of thiocarbonyl (C=S) groups is 1. The Morgan fingerprint density at radius 2 is 1.70 bits per heavy atom.